The molecule has 2 aromatic rings. The van der Waals surface area contributed by atoms with Gasteiger partial charge in [0.15, 0.2) is 0 Å². The molecule has 1 heterocycles. The molecule has 0 bridgehead atoms. The van der Waals surface area contributed by atoms with Gasteiger partial charge in [0, 0.05) is 19.8 Å². The second-order valence-corrected chi connectivity index (χ2v) is 4.37. The molecule has 0 saturated heterocycles. The molecule has 5 nitrogen and oxygen atoms in total. The van der Waals surface area contributed by atoms with E-state index < -0.39 is 6.10 Å². The molecule has 0 spiro atoms. The zero-order chi connectivity index (χ0) is 13.7. The number of carbonyl (C=O) groups excluding carboxylic acids is 1. The van der Waals surface area contributed by atoms with Crippen molar-refractivity contribution in [2.45, 2.75) is 12.5 Å². The largest absolute Gasteiger partial charge is 0.388 e. The average Bonchev–Trinajstić information content (AvgIpc) is 2.86. The molecule has 5 heteroatoms. The Morgan fingerprint density at radius 1 is 1.42 bits per heavy atom. The fraction of sp³-hybridized carbons (Fsp3) is 0.286. The number of aliphatic hydroxyl groups is 1. The number of carbonyl (C=O) groups is 1. The van der Waals surface area contributed by atoms with Crippen LogP contribution in [0.25, 0.3) is 0 Å². The number of benzene rings is 1. The van der Waals surface area contributed by atoms with Gasteiger partial charge in [-0.2, -0.15) is 5.10 Å². The number of hydrogen-bond donors (Lipinski definition) is 2. The number of aliphatic hydroxyl groups excluding tert-OH is 1. The number of nitrogens with one attached hydrogen (secondary N) is 1. The van der Waals surface area contributed by atoms with Crippen molar-refractivity contribution in [3.8, 4) is 0 Å². The van der Waals surface area contributed by atoms with E-state index in [-0.39, 0.29) is 5.91 Å². The summed E-state index contributed by atoms with van der Waals surface area (Å²) < 4.78 is 1.58. The topological polar surface area (TPSA) is 67.2 Å². The zero-order valence-corrected chi connectivity index (χ0v) is 10.8. The van der Waals surface area contributed by atoms with E-state index in [4.69, 9.17) is 0 Å². The second kappa shape index (κ2) is 6.15. The average molecular weight is 259 g/mol. The summed E-state index contributed by atoms with van der Waals surface area (Å²) in [6.45, 7) is 0.420. The van der Waals surface area contributed by atoms with Crippen LogP contribution >= 0.6 is 0 Å². The summed E-state index contributed by atoms with van der Waals surface area (Å²) >= 11 is 0. The number of amides is 1. The number of rotatable bonds is 5. The maximum atomic E-state index is 11.7. The van der Waals surface area contributed by atoms with Crippen LogP contribution in [0, 0.1) is 0 Å². The predicted molar refractivity (Wildman–Crippen MR) is 71.6 cm³/mol. The van der Waals surface area contributed by atoms with Gasteiger partial charge in [-0.3, -0.25) is 9.48 Å². The van der Waals surface area contributed by atoms with Crippen molar-refractivity contribution in [3.63, 3.8) is 0 Å². The lowest BCUT2D eigenvalue weighted by Crippen LogP contribution is -2.25. The third-order valence-corrected chi connectivity index (χ3v) is 2.85. The van der Waals surface area contributed by atoms with Gasteiger partial charge in [-0.15, -0.1) is 0 Å². The number of nitrogens with zero attached hydrogens (tertiary/aromatic N) is 2. The van der Waals surface area contributed by atoms with Gasteiger partial charge in [0.1, 0.15) is 0 Å². The van der Waals surface area contributed by atoms with Crippen molar-refractivity contribution in [3.05, 3.63) is 53.9 Å². The van der Waals surface area contributed by atoms with E-state index in [1.165, 1.54) is 6.20 Å². The molecule has 100 valence electrons. The molecule has 2 rings (SSSR count). The van der Waals surface area contributed by atoms with E-state index in [1.807, 2.05) is 30.3 Å². The third-order valence-electron chi connectivity index (χ3n) is 2.85. The van der Waals surface area contributed by atoms with Gasteiger partial charge in [-0.25, -0.2) is 0 Å². The van der Waals surface area contributed by atoms with Gasteiger partial charge in [-0.1, -0.05) is 30.3 Å². The normalized spacial score (nSPS) is 12.1. The van der Waals surface area contributed by atoms with E-state index in [0.29, 0.717) is 18.5 Å². The lowest BCUT2D eigenvalue weighted by atomic mass is 10.1. The monoisotopic (exact) mass is 259 g/mol. The van der Waals surface area contributed by atoms with Gasteiger partial charge in [0.2, 0.25) is 0 Å². The Bertz CT molecular complexity index is 537. The fourth-order valence-corrected chi connectivity index (χ4v) is 1.80. The molecule has 1 unspecified atom stereocenters. The summed E-state index contributed by atoms with van der Waals surface area (Å²) in [6.07, 6.45) is 3.09. The van der Waals surface area contributed by atoms with Crippen LogP contribution in [0.15, 0.2) is 42.7 Å². The molecule has 0 aliphatic carbocycles. The Morgan fingerprint density at radius 3 is 2.79 bits per heavy atom. The van der Waals surface area contributed by atoms with Gasteiger partial charge in [0.05, 0.1) is 17.9 Å². The molecule has 0 radical (unpaired) electrons. The summed E-state index contributed by atoms with van der Waals surface area (Å²) in [4.78, 5) is 11.7. The smallest absolute Gasteiger partial charge is 0.254 e. The molecule has 0 aliphatic heterocycles. The number of aryl methyl sites for hydroxylation is 1. The molecule has 19 heavy (non-hydrogen) atoms. The van der Waals surface area contributed by atoms with Crippen LogP contribution in [0.4, 0.5) is 0 Å². The summed E-state index contributed by atoms with van der Waals surface area (Å²) in [5.41, 5.74) is 1.38. The van der Waals surface area contributed by atoms with Gasteiger partial charge < -0.3 is 10.4 Å². The van der Waals surface area contributed by atoms with Crippen LogP contribution in [0.2, 0.25) is 0 Å². The zero-order valence-electron chi connectivity index (χ0n) is 10.8. The van der Waals surface area contributed by atoms with E-state index in [1.54, 1.807) is 17.9 Å². The standard InChI is InChI=1S/C14H17N3O2/c1-17-10-12(9-16-17)14(19)15-8-7-13(18)11-5-3-2-4-6-11/h2-6,9-10,13,18H,7-8H2,1H3,(H,15,19). The lowest BCUT2D eigenvalue weighted by Gasteiger charge is -2.11. The first kappa shape index (κ1) is 13.3. The van der Waals surface area contributed by atoms with E-state index >= 15 is 0 Å². The summed E-state index contributed by atoms with van der Waals surface area (Å²) in [6, 6.07) is 9.40. The van der Waals surface area contributed by atoms with Crippen LogP contribution in [-0.2, 0) is 7.05 Å². The Balaban J connectivity index is 1.79. The van der Waals surface area contributed by atoms with E-state index in [2.05, 4.69) is 10.4 Å². The highest BCUT2D eigenvalue weighted by molar-refractivity contribution is 5.93. The minimum absolute atomic E-state index is 0.173. The van der Waals surface area contributed by atoms with Crippen molar-refractivity contribution in [1.29, 1.82) is 0 Å². The highest BCUT2D eigenvalue weighted by Gasteiger charge is 2.10. The Hall–Kier alpha value is -2.14. The minimum Gasteiger partial charge on any atom is -0.388 e. The molecule has 1 aromatic heterocycles. The maximum absolute atomic E-state index is 11.7. The summed E-state index contributed by atoms with van der Waals surface area (Å²) in [7, 11) is 1.76. The first-order valence-corrected chi connectivity index (χ1v) is 6.16. The van der Waals surface area contributed by atoms with E-state index in [0.717, 1.165) is 5.56 Å². The van der Waals surface area contributed by atoms with Gasteiger partial charge in [-0.05, 0) is 12.0 Å². The predicted octanol–water partition coefficient (Wildman–Crippen LogP) is 1.27. The van der Waals surface area contributed by atoms with Crippen LogP contribution in [-0.4, -0.2) is 27.3 Å². The first-order chi connectivity index (χ1) is 9.16. The molecule has 0 aliphatic rings. The Morgan fingerprint density at radius 2 is 2.16 bits per heavy atom. The van der Waals surface area contributed by atoms with Crippen molar-refractivity contribution in [2.24, 2.45) is 7.05 Å². The Labute approximate surface area is 111 Å². The maximum Gasteiger partial charge on any atom is 0.254 e. The molecule has 0 saturated carbocycles. The SMILES string of the molecule is Cn1cc(C(=O)NCCC(O)c2ccccc2)cn1. The van der Waals surface area contributed by atoms with Crippen LogP contribution < -0.4 is 5.32 Å². The molecule has 1 aromatic carbocycles. The van der Waals surface area contributed by atoms with Crippen molar-refractivity contribution in [2.75, 3.05) is 6.54 Å². The highest BCUT2D eigenvalue weighted by Crippen LogP contribution is 2.14. The minimum atomic E-state index is -0.560. The Kier molecular flexibility index (Phi) is 4.30. The fourth-order valence-electron chi connectivity index (χ4n) is 1.80. The van der Waals surface area contributed by atoms with Crippen molar-refractivity contribution >= 4 is 5.91 Å². The second-order valence-electron chi connectivity index (χ2n) is 4.37. The highest BCUT2D eigenvalue weighted by atomic mass is 16.3. The number of hydrogen-bond acceptors (Lipinski definition) is 3. The molecular weight excluding hydrogens is 242 g/mol. The van der Waals surface area contributed by atoms with Crippen molar-refractivity contribution < 1.29 is 9.90 Å². The van der Waals surface area contributed by atoms with Crippen LogP contribution in [0.3, 0.4) is 0 Å². The first-order valence-electron chi connectivity index (χ1n) is 6.16. The summed E-state index contributed by atoms with van der Waals surface area (Å²) in [5, 5.41) is 16.6. The lowest BCUT2D eigenvalue weighted by molar-refractivity contribution is 0.0942. The summed E-state index contributed by atoms with van der Waals surface area (Å²) in [5.74, 6) is -0.173. The van der Waals surface area contributed by atoms with Gasteiger partial charge >= 0.3 is 0 Å². The molecule has 0 fully saturated rings. The molecular formula is C14H17N3O2. The van der Waals surface area contributed by atoms with E-state index in [9.17, 15) is 9.90 Å². The van der Waals surface area contributed by atoms with Crippen LogP contribution in [0.5, 0.6) is 0 Å². The van der Waals surface area contributed by atoms with Gasteiger partial charge in [0.25, 0.3) is 5.91 Å². The third kappa shape index (κ3) is 3.66. The quantitative estimate of drug-likeness (QED) is 0.849. The molecule has 1 amide bonds. The molecule has 1 atom stereocenters. The molecule has 2 N–H and O–H groups in total. The van der Waals surface area contributed by atoms with Crippen molar-refractivity contribution in [1.82, 2.24) is 15.1 Å². The van der Waals surface area contributed by atoms with Crippen LogP contribution in [0.1, 0.15) is 28.4 Å². The number of aromatic nitrogens is 2.